The molecule has 0 saturated carbocycles. The second-order valence-electron chi connectivity index (χ2n) is 25.1. The van der Waals surface area contributed by atoms with Crippen LogP contribution < -0.4 is 23.8 Å². The highest BCUT2D eigenvalue weighted by molar-refractivity contribution is 6.61. The van der Waals surface area contributed by atoms with E-state index in [4.69, 9.17) is 41.7 Å². The van der Waals surface area contributed by atoms with Gasteiger partial charge in [-0.15, -0.1) is 0 Å². The number of rotatable bonds is 17. The van der Waals surface area contributed by atoms with E-state index in [1.54, 1.807) is 14.2 Å². The second kappa shape index (κ2) is 21.2. The number of hydrogen-bond donors (Lipinski definition) is 0. The third-order valence-corrected chi connectivity index (χ3v) is 18.4. The molecule has 0 spiro atoms. The normalized spacial score (nSPS) is 17.4. The Bertz CT molecular complexity index is 3060. The fraction of sp³-hybridized carbons (Fsp3) is 0.455. The van der Waals surface area contributed by atoms with Gasteiger partial charge >= 0.3 is 8.80 Å². The average molecular weight is 1060 g/mol. The molecule has 10 nitrogen and oxygen atoms in total. The van der Waals surface area contributed by atoms with Crippen LogP contribution in [0.15, 0.2) is 109 Å². The average Bonchev–Trinajstić information content (AvgIpc) is 3.89. The van der Waals surface area contributed by atoms with Crippen molar-refractivity contribution in [2.24, 2.45) is 0 Å². The van der Waals surface area contributed by atoms with Gasteiger partial charge in [-0.2, -0.15) is 0 Å². The molecule has 1 aliphatic carbocycles. The molecule has 1 unspecified atom stereocenters. The molecule has 410 valence electrons. The zero-order chi connectivity index (χ0) is 55.3. The minimum atomic E-state index is -3.20. The lowest BCUT2D eigenvalue weighted by molar-refractivity contribution is -0.0823. The highest BCUT2D eigenvalue weighted by atomic mass is 28.4. The van der Waals surface area contributed by atoms with Gasteiger partial charge in [-0.3, -0.25) is 0 Å². The van der Waals surface area contributed by atoms with E-state index in [2.05, 4.69) is 205 Å². The number of anilines is 1. The Morgan fingerprint density at radius 3 is 1.77 bits per heavy atom. The summed E-state index contributed by atoms with van der Waals surface area (Å²) in [4.78, 5) is 2.38. The van der Waals surface area contributed by atoms with Crippen LogP contribution in [0.25, 0.3) is 39.1 Å². The molecule has 1 saturated heterocycles. The first-order valence-electron chi connectivity index (χ1n) is 27.5. The quantitative estimate of drug-likeness (QED) is 0.0650. The summed E-state index contributed by atoms with van der Waals surface area (Å²) in [5, 5.41) is 1.99. The molecule has 1 atom stereocenters. The number of aryl methyl sites for hydroxylation is 1. The molecule has 0 radical (unpaired) electrons. The molecule has 6 aromatic rings. The smallest absolute Gasteiger partial charge is 0.493 e. The van der Waals surface area contributed by atoms with E-state index in [0.717, 1.165) is 57.7 Å². The summed E-state index contributed by atoms with van der Waals surface area (Å²) in [7, 11) is 0.191. The van der Waals surface area contributed by atoms with Crippen LogP contribution in [0.5, 0.6) is 23.0 Å². The molecule has 0 aromatic heterocycles. The third kappa shape index (κ3) is 12.0. The number of methoxy groups -OCH3 is 2. The van der Waals surface area contributed by atoms with Crippen molar-refractivity contribution in [2.45, 2.75) is 143 Å². The minimum Gasteiger partial charge on any atom is -0.493 e. The van der Waals surface area contributed by atoms with E-state index >= 15 is 0 Å². The summed E-state index contributed by atoms with van der Waals surface area (Å²) in [5.41, 5.74) is 9.43. The maximum absolute atomic E-state index is 7.79. The van der Waals surface area contributed by atoms with Crippen LogP contribution >= 0.6 is 0 Å². The third-order valence-electron chi connectivity index (χ3n) is 14.7. The molecule has 0 bridgehead atoms. The molecule has 2 heterocycles. The number of nitrogens with zero attached hydrogens (tertiary/aromatic N) is 1. The monoisotopic (exact) mass is 1060 g/mol. The molecule has 3 aliphatic rings. The lowest BCUT2D eigenvalue weighted by Crippen LogP contribution is -2.57. The maximum atomic E-state index is 7.79. The molecule has 2 aliphatic heterocycles. The van der Waals surface area contributed by atoms with Gasteiger partial charge in [0.05, 0.1) is 56.4 Å². The Kier molecular flexibility index (Phi) is 15.4. The standard InChI is InChI=1S/C66H83NO9Si/c1-44-17-19-45(20-18-44)46-21-30-51-55(41-46)65(13,14)59-52-31-32-66(47-22-26-49(27-23-47)67-34-36-70-37-35-67,73-60(52)54-43-57(69-16)56(68-15)42-53(54)58(51)59)48-24-28-50(29-25-48)71-38-39-72-64(11,12)33-40-77(74-61(2,3)4,75-62(5,6)7)76-63(8,9)10/h17-32,41-43H,33-40H2,1-16H3. The number of benzene rings is 6. The lowest BCUT2D eigenvalue weighted by Gasteiger charge is -2.44. The van der Waals surface area contributed by atoms with Gasteiger partial charge in [-0.1, -0.05) is 86.2 Å². The van der Waals surface area contributed by atoms with Crippen molar-refractivity contribution >= 4 is 31.3 Å². The number of hydrogen-bond acceptors (Lipinski definition) is 10. The zero-order valence-corrected chi connectivity index (χ0v) is 49.7. The fourth-order valence-corrected chi connectivity index (χ4v) is 15.5. The van der Waals surface area contributed by atoms with Crippen LogP contribution in [0.1, 0.15) is 130 Å². The Balaban J connectivity index is 1.04. The van der Waals surface area contributed by atoms with Crippen molar-refractivity contribution in [3.8, 4) is 45.3 Å². The van der Waals surface area contributed by atoms with Crippen molar-refractivity contribution in [1.82, 2.24) is 0 Å². The largest absolute Gasteiger partial charge is 0.502 e. The summed E-state index contributed by atoms with van der Waals surface area (Å²) in [6, 6.07) is 37.7. The van der Waals surface area contributed by atoms with E-state index in [1.165, 1.54) is 38.9 Å². The van der Waals surface area contributed by atoms with Crippen LogP contribution in [0.2, 0.25) is 6.04 Å². The SMILES string of the molecule is COc1cc2c3c(c4c(c2cc1OC)-c1ccc(-c2ccc(C)cc2)cc1C4(C)C)C=CC(c1ccc(OCCOC(C)(C)CC[Si](OC(C)(C)C)(OC(C)(C)C)OC(C)(C)C)cc1)(c1ccc(N2CCOCC2)cc1)O3. The van der Waals surface area contributed by atoms with Crippen molar-refractivity contribution in [1.29, 1.82) is 0 Å². The first-order chi connectivity index (χ1) is 36.2. The summed E-state index contributed by atoms with van der Waals surface area (Å²) >= 11 is 0. The molecule has 9 rings (SSSR count). The van der Waals surface area contributed by atoms with Crippen molar-refractivity contribution in [3.05, 3.63) is 143 Å². The molecule has 0 amide bonds. The van der Waals surface area contributed by atoms with E-state index in [9.17, 15) is 0 Å². The molecular weight excluding hydrogens is 979 g/mol. The second-order valence-corrected chi connectivity index (χ2v) is 27.6. The number of morpholine rings is 1. The molecule has 0 N–H and O–H groups in total. The first kappa shape index (κ1) is 56.1. The highest BCUT2D eigenvalue weighted by Crippen LogP contribution is 2.59. The van der Waals surface area contributed by atoms with Gasteiger partial charge in [0.1, 0.15) is 18.1 Å². The molecule has 77 heavy (non-hydrogen) atoms. The molecule has 6 aromatic carbocycles. The van der Waals surface area contributed by atoms with Crippen LogP contribution in [-0.2, 0) is 33.8 Å². The Morgan fingerprint density at radius 2 is 1.19 bits per heavy atom. The van der Waals surface area contributed by atoms with Crippen molar-refractivity contribution < 1.29 is 41.7 Å². The van der Waals surface area contributed by atoms with Gasteiger partial charge in [0.2, 0.25) is 0 Å². The van der Waals surface area contributed by atoms with Crippen LogP contribution in [0.3, 0.4) is 0 Å². The van der Waals surface area contributed by atoms with E-state index < -0.39 is 36.8 Å². The Morgan fingerprint density at radius 1 is 0.636 bits per heavy atom. The van der Waals surface area contributed by atoms with Gasteiger partial charge in [0.15, 0.2) is 17.1 Å². The predicted molar refractivity (Wildman–Crippen MR) is 314 cm³/mol. The van der Waals surface area contributed by atoms with Gasteiger partial charge in [-0.25, -0.2) is 0 Å². The van der Waals surface area contributed by atoms with E-state index in [0.29, 0.717) is 50.4 Å². The van der Waals surface area contributed by atoms with Gasteiger partial charge in [0.25, 0.3) is 0 Å². The summed E-state index contributed by atoms with van der Waals surface area (Å²) in [6.07, 6.45) is 5.23. The topological polar surface area (TPSA) is 86.3 Å². The van der Waals surface area contributed by atoms with Gasteiger partial charge in [-0.05, 0) is 177 Å². The van der Waals surface area contributed by atoms with Crippen molar-refractivity contribution in [2.75, 3.05) is 58.6 Å². The van der Waals surface area contributed by atoms with E-state index in [1.807, 2.05) is 12.1 Å². The lowest BCUT2D eigenvalue weighted by atomic mass is 9.76. The number of fused-ring (bicyclic) bond motifs is 8. The van der Waals surface area contributed by atoms with Crippen LogP contribution in [0.4, 0.5) is 5.69 Å². The number of ether oxygens (including phenoxy) is 6. The summed E-state index contributed by atoms with van der Waals surface area (Å²) < 4.78 is 58.8. The summed E-state index contributed by atoms with van der Waals surface area (Å²) in [6.45, 7) is 33.4. The zero-order valence-electron chi connectivity index (χ0n) is 48.7. The van der Waals surface area contributed by atoms with Crippen LogP contribution in [0, 0.1) is 6.92 Å². The van der Waals surface area contributed by atoms with Gasteiger partial charge < -0.3 is 46.6 Å². The van der Waals surface area contributed by atoms with E-state index in [-0.39, 0.29) is 5.41 Å². The van der Waals surface area contributed by atoms with Gasteiger partial charge in [0, 0.05) is 52.3 Å². The summed E-state index contributed by atoms with van der Waals surface area (Å²) in [5.74, 6) is 2.82. The van der Waals surface area contributed by atoms with Crippen LogP contribution in [-0.4, -0.2) is 84.9 Å². The Labute approximate surface area is 460 Å². The predicted octanol–water partition coefficient (Wildman–Crippen LogP) is 15.3. The molecule has 11 heteroatoms. The molecule has 1 fully saturated rings. The Hall–Kier alpha value is -5.66. The maximum Gasteiger partial charge on any atom is 0.502 e. The highest BCUT2D eigenvalue weighted by Gasteiger charge is 2.51. The molecular formula is C66H83NO9Si. The first-order valence-corrected chi connectivity index (χ1v) is 29.4. The fourth-order valence-electron chi connectivity index (χ4n) is 11.4. The van der Waals surface area contributed by atoms with Crippen molar-refractivity contribution in [3.63, 3.8) is 0 Å². The minimum absolute atomic E-state index is 0.367.